The van der Waals surface area contributed by atoms with E-state index in [9.17, 15) is 9.90 Å². The van der Waals surface area contributed by atoms with Crippen LogP contribution in [0.1, 0.15) is 34.6 Å². The summed E-state index contributed by atoms with van der Waals surface area (Å²) in [5.41, 5.74) is -1.16. The van der Waals surface area contributed by atoms with Crippen molar-refractivity contribution >= 4 is 28.6 Å². The molecule has 2 aromatic heterocycles. The van der Waals surface area contributed by atoms with Crippen molar-refractivity contribution in [2.75, 3.05) is 32.8 Å². The predicted octanol–water partition coefficient (Wildman–Crippen LogP) is 4.54. The van der Waals surface area contributed by atoms with E-state index in [2.05, 4.69) is 6.07 Å². The summed E-state index contributed by atoms with van der Waals surface area (Å²) in [6.45, 7) is 4.49. The van der Waals surface area contributed by atoms with Gasteiger partial charge in [0, 0.05) is 25.2 Å². The van der Waals surface area contributed by atoms with E-state index >= 15 is 0 Å². The van der Waals surface area contributed by atoms with Gasteiger partial charge in [-0.25, -0.2) is 4.79 Å². The fourth-order valence-corrected chi connectivity index (χ4v) is 7.14. The number of hydrogen-bond donors (Lipinski definition) is 1. The van der Waals surface area contributed by atoms with Gasteiger partial charge in [0.1, 0.15) is 12.3 Å². The molecule has 3 aliphatic rings. The van der Waals surface area contributed by atoms with Crippen LogP contribution in [0.15, 0.2) is 59.3 Å². The Morgan fingerprint density at radius 2 is 1.83 bits per heavy atom. The molecule has 3 fully saturated rings. The molecule has 6 rings (SSSR count). The Morgan fingerprint density at radius 1 is 1.11 bits per heavy atom. The number of fused-ring (bicyclic) bond motifs is 3. The lowest BCUT2D eigenvalue weighted by molar-refractivity contribution is -0.946. The number of rotatable bonds is 9. The number of quaternary nitrogens is 1. The molecule has 3 aromatic rings. The average Bonchev–Trinajstić information content (AvgIpc) is 3.62. The van der Waals surface area contributed by atoms with Crippen LogP contribution in [0.5, 0.6) is 5.75 Å². The van der Waals surface area contributed by atoms with Gasteiger partial charge in [-0.1, -0.05) is 18.2 Å². The van der Waals surface area contributed by atoms with E-state index < -0.39 is 11.6 Å². The maximum atomic E-state index is 13.5. The van der Waals surface area contributed by atoms with Crippen molar-refractivity contribution in [3.05, 3.63) is 74.6 Å². The number of thiophene rings is 2. The molecule has 0 radical (unpaired) electrons. The number of carbonyl (C=O) groups is 1. The van der Waals surface area contributed by atoms with E-state index in [4.69, 9.17) is 14.7 Å². The highest BCUT2D eigenvalue weighted by atomic mass is 32.1. The lowest BCUT2D eigenvalue weighted by Gasteiger charge is -2.52. The Hall–Kier alpha value is -2.70. The standard InChI is InChI=1S/C27H29N2O4S2/c28-18-20-5-1-6-22(17-20)32-14-4-11-29-12-9-21(10-13-29)23(19-29)33-26(30)27(31,24-7-2-15-34-24)25-8-3-16-35-25/h1-3,5-8,15-17,21,23,31H,4,9-14,19H2/q+1/t21?,23-,29?/m0/s1. The zero-order valence-corrected chi connectivity index (χ0v) is 21.1. The summed E-state index contributed by atoms with van der Waals surface area (Å²) in [6.07, 6.45) is 2.75. The minimum atomic E-state index is -1.76. The van der Waals surface area contributed by atoms with Crippen molar-refractivity contribution in [1.82, 2.24) is 0 Å². The minimum Gasteiger partial charge on any atom is -0.493 e. The molecular formula is C27H29N2O4S2+. The smallest absolute Gasteiger partial charge is 0.349 e. The third-order valence-corrected chi connectivity index (χ3v) is 9.32. The van der Waals surface area contributed by atoms with Gasteiger partial charge in [0.25, 0.3) is 0 Å². The first-order valence-corrected chi connectivity index (χ1v) is 13.8. The molecule has 0 saturated carbocycles. The van der Waals surface area contributed by atoms with Crippen LogP contribution >= 0.6 is 22.7 Å². The second-order valence-electron chi connectivity index (χ2n) is 9.48. The van der Waals surface area contributed by atoms with Crippen LogP contribution in [0.2, 0.25) is 0 Å². The van der Waals surface area contributed by atoms with Gasteiger partial charge in [-0.05, 0) is 41.1 Å². The normalized spacial score (nSPS) is 23.5. The van der Waals surface area contributed by atoms with E-state index in [1.165, 1.54) is 22.7 Å². The number of nitrogens with zero attached hydrogens (tertiary/aromatic N) is 2. The number of hydrogen-bond acceptors (Lipinski definition) is 7. The second kappa shape index (κ2) is 10.1. The van der Waals surface area contributed by atoms with Gasteiger partial charge in [0.2, 0.25) is 5.60 Å². The van der Waals surface area contributed by atoms with E-state index in [0.29, 0.717) is 27.8 Å². The number of benzene rings is 1. The number of esters is 1. The second-order valence-corrected chi connectivity index (χ2v) is 11.4. The van der Waals surface area contributed by atoms with Gasteiger partial charge >= 0.3 is 5.97 Å². The third kappa shape index (κ3) is 4.87. The molecule has 0 amide bonds. The Bertz CT molecular complexity index is 1140. The molecular weight excluding hydrogens is 480 g/mol. The molecule has 182 valence electrons. The molecule has 5 heterocycles. The monoisotopic (exact) mass is 509 g/mol. The fourth-order valence-electron chi connectivity index (χ4n) is 5.43. The molecule has 0 unspecified atom stereocenters. The van der Waals surface area contributed by atoms with Crippen molar-refractivity contribution < 1.29 is 23.9 Å². The summed E-state index contributed by atoms with van der Waals surface area (Å²) in [7, 11) is 0. The summed E-state index contributed by atoms with van der Waals surface area (Å²) < 4.78 is 12.9. The van der Waals surface area contributed by atoms with Crippen molar-refractivity contribution in [1.29, 1.82) is 5.26 Å². The van der Waals surface area contributed by atoms with E-state index in [-0.39, 0.29) is 6.10 Å². The molecule has 6 nitrogen and oxygen atoms in total. The molecule has 0 aliphatic carbocycles. The summed E-state index contributed by atoms with van der Waals surface area (Å²) in [6, 6.07) is 16.6. The zero-order valence-electron chi connectivity index (χ0n) is 19.5. The van der Waals surface area contributed by atoms with Gasteiger partial charge < -0.3 is 19.1 Å². The summed E-state index contributed by atoms with van der Waals surface area (Å²) in [5.74, 6) is 0.495. The van der Waals surface area contributed by atoms with Crippen LogP contribution < -0.4 is 4.74 Å². The maximum absolute atomic E-state index is 13.5. The first kappa shape index (κ1) is 24.0. The van der Waals surface area contributed by atoms with Crippen LogP contribution in [0, 0.1) is 17.2 Å². The average molecular weight is 510 g/mol. The molecule has 0 spiro atoms. The Labute approximate surface area is 213 Å². The van der Waals surface area contributed by atoms with E-state index in [1.54, 1.807) is 24.3 Å². The summed E-state index contributed by atoms with van der Waals surface area (Å²) in [5, 5.41) is 24.4. The summed E-state index contributed by atoms with van der Waals surface area (Å²) >= 11 is 2.73. The Kier molecular flexibility index (Phi) is 6.94. The van der Waals surface area contributed by atoms with Gasteiger partial charge in [0.15, 0.2) is 6.10 Å². The third-order valence-electron chi connectivity index (χ3n) is 7.36. The van der Waals surface area contributed by atoms with Gasteiger partial charge in [-0.2, -0.15) is 5.26 Å². The largest absolute Gasteiger partial charge is 0.493 e. The van der Waals surface area contributed by atoms with Gasteiger partial charge in [-0.15, -0.1) is 22.7 Å². The van der Waals surface area contributed by atoms with Gasteiger partial charge in [0.05, 0.1) is 47.6 Å². The SMILES string of the molecule is N#Cc1cccc(OCCC[N+]23CCC(CC2)[C@@H](OC(=O)C(O)(c2cccs2)c2cccs2)C3)c1. The molecule has 2 bridgehead atoms. The molecule has 1 N–H and O–H groups in total. The van der Waals surface area contributed by atoms with Crippen molar-refractivity contribution in [2.45, 2.75) is 31.0 Å². The van der Waals surface area contributed by atoms with E-state index in [0.717, 1.165) is 55.7 Å². The topological polar surface area (TPSA) is 79.5 Å². The first-order chi connectivity index (χ1) is 17.0. The van der Waals surface area contributed by atoms with Crippen LogP contribution in [0.25, 0.3) is 0 Å². The highest BCUT2D eigenvalue weighted by molar-refractivity contribution is 7.12. The first-order valence-electron chi connectivity index (χ1n) is 12.0. The van der Waals surface area contributed by atoms with Crippen LogP contribution in [-0.4, -0.2) is 54.4 Å². The lowest BCUT2D eigenvalue weighted by atomic mass is 9.83. The predicted molar refractivity (Wildman–Crippen MR) is 135 cm³/mol. The highest BCUT2D eigenvalue weighted by Gasteiger charge is 2.51. The highest BCUT2D eigenvalue weighted by Crippen LogP contribution is 2.40. The molecule has 3 saturated heterocycles. The number of nitriles is 1. The van der Waals surface area contributed by atoms with Gasteiger partial charge in [-0.3, -0.25) is 0 Å². The molecule has 35 heavy (non-hydrogen) atoms. The molecule has 1 atom stereocenters. The van der Waals surface area contributed by atoms with Crippen molar-refractivity contribution in [3.8, 4) is 11.8 Å². The minimum absolute atomic E-state index is 0.190. The Morgan fingerprint density at radius 3 is 2.46 bits per heavy atom. The zero-order chi connectivity index (χ0) is 24.3. The quantitative estimate of drug-likeness (QED) is 0.260. The van der Waals surface area contributed by atoms with Crippen LogP contribution in [0.4, 0.5) is 0 Å². The molecule has 8 heteroatoms. The Balaban J connectivity index is 1.22. The van der Waals surface area contributed by atoms with Crippen molar-refractivity contribution in [3.63, 3.8) is 0 Å². The van der Waals surface area contributed by atoms with Crippen molar-refractivity contribution in [2.24, 2.45) is 5.92 Å². The number of carbonyl (C=O) groups excluding carboxylic acids is 1. The van der Waals surface area contributed by atoms with Crippen LogP contribution in [0.3, 0.4) is 0 Å². The van der Waals surface area contributed by atoms with E-state index in [1.807, 2.05) is 35.0 Å². The number of aliphatic hydroxyl groups is 1. The molecule has 1 aromatic carbocycles. The number of ether oxygens (including phenoxy) is 2. The van der Waals surface area contributed by atoms with Crippen LogP contribution in [-0.2, 0) is 15.1 Å². The maximum Gasteiger partial charge on any atom is 0.349 e. The number of piperidine rings is 3. The fraction of sp³-hybridized carbons (Fsp3) is 0.407. The summed E-state index contributed by atoms with van der Waals surface area (Å²) in [4.78, 5) is 14.7. The molecule has 3 aliphatic heterocycles. The lowest BCUT2D eigenvalue weighted by Crippen LogP contribution is -2.65.